The Hall–Kier alpha value is -2.82. The molecule has 1 amide bonds. The molecule has 2 aromatic carbocycles. The van der Waals surface area contributed by atoms with Gasteiger partial charge in [-0.2, -0.15) is 0 Å². The third-order valence-corrected chi connectivity index (χ3v) is 6.77. The zero-order chi connectivity index (χ0) is 22.3. The van der Waals surface area contributed by atoms with Gasteiger partial charge in [0.1, 0.15) is 17.1 Å². The third-order valence-electron chi connectivity index (χ3n) is 6.77. The van der Waals surface area contributed by atoms with Gasteiger partial charge >= 0.3 is 0 Å². The zero-order valence-corrected chi connectivity index (χ0v) is 19.1. The van der Waals surface area contributed by atoms with Gasteiger partial charge < -0.3 is 14.4 Å². The molecule has 1 saturated heterocycles. The van der Waals surface area contributed by atoms with Gasteiger partial charge in [-0.05, 0) is 68.5 Å². The molecule has 2 aliphatic heterocycles. The lowest BCUT2D eigenvalue weighted by Gasteiger charge is -2.44. The fraction of sp³-hybridized carbons (Fsp3) is 0.462. The van der Waals surface area contributed by atoms with Crippen LogP contribution in [-0.2, 0) is 4.79 Å². The first-order valence-corrected chi connectivity index (χ1v) is 11.0. The van der Waals surface area contributed by atoms with Crippen LogP contribution in [0.5, 0.6) is 11.5 Å². The minimum atomic E-state index is -0.508. The highest BCUT2D eigenvalue weighted by atomic mass is 16.5. The number of hydrogen-bond donors (Lipinski definition) is 0. The molecule has 0 saturated carbocycles. The van der Waals surface area contributed by atoms with Crippen molar-refractivity contribution >= 4 is 11.7 Å². The zero-order valence-electron chi connectivity index (χ0n) is 19.1. The second-order valence-electron chi connectivity index (χ2n) is 9.16. The molecule has 1 fully saturated rings. The highest BCUT2D eigenvalue weighted by Crippen LogP contribution is 2.41. The van der Waals surface area contributed by atoms with Gasteiger partial charge in [-0.25, -0.2) is 0 Å². The molecule has 0 atom stereocenters. The molecule has 5 nitrogen and oxygen atoms in total. The van der Waals surface area contributed by atoms with E-state index in [1.165, 1.54) is 0 Å². The summed E-state index contributed by atoms with van der Waals surface area (Å²) < 4.78 is 12.3. The van der Waals surface area contributed by atoms with Gasteiger partial charge in [0.15, 0.2) is 12.4 Å². The standard InChI is InChI=1S/C26H31NO4/c1-16-12-19(4)24-21(28)14-26(31-22(24)13-16)8-10-27(11-9-26)23(29)15-30-25-18(3)7-6-17(2)20(25)5/h6-7,12-13H,8-11,14-15H2,1-5H3. The first kappa shape index (κ1) is 21.4. The number of piperidine rings is 1. The van der Waals surface area contributed by atoms with Crippen LogP contribution in [0, 0.1) is 34.6 Å². The fourth-order valence-corrected chi connectivity index (χ4v) is 4.83. The van der Waals surface area contributed by atoms with Crippen LogP contribution in [-0.4, -0.2) is 41.9 Å². The predicted octanol–water partition coefficient (Wildman–Crippen LogP) is 4.63. The van der Waals surface area contributed by atoms with E-state index in [0.29, 0.717) is 43.7 Å². The van der Waals surface area contributed by atoms with Gasteiger partial charge in [-0.1, -0.05) is 18.2 Å². The number of amides is 1. The lowest BCUT2D eigenvalue weighted by atomic mass is 9.81. The number of rotatable bonds is 3. The van der Waals surface area contributed by atoms with Crippen LogP contribution in [0.1, 0.15) is 57.4 Å². The molecular weight excluding hydrogens is 390 g/mol. The number of fused-ring (bicyclic) bond motifs is 1. The average Bonchev–Trinajstić information content (AvgIpc) is 2.70. The van der Waals surface area contributed by atoms with Gasteiger partial charge in [0.05, 0.1) is 12.0 Å². The molecule has 1 spiro atoms. The first-order chi connectivity index (χ1) is 14.7. The molecule has 5 heteroatoms. The van der Waals surface area contributed by atoms with Crippen molar-refractivity contribution in [1.82, 2.24) is 4.90 Å². The molecule has 0 unspecified atom stereocenters. The van der Waals surface area contributed by atoms with Crippen molar-refractivity contribution in [3.63, 3.8) is 0 Å². The SMILES string of the molecule is Cc1cc(C)c2c(c1)OC1(CCN(C(=O)COc3c(C)ccc(C)c3C)CC1)CC2=O. The number of ether oxygens (including phenoxy) is 2. The Balaban J connectivity index is 1.40. The van der Waals surface area contributed by atoms with E-state index >= 15 is 0 Å². The van der Waals surface area contributed by atoms with E-state index < -0.39 is 5.60 Å². The largest absolute Gasteiger partial charge is 0.486 e. The Bertz CT molecular complexity index is 1050. The quantitative estimate of drug-likeness (QED) is 0.725. The number of ketones is 1. The van der Waals surface area contributed by atoms with E-state index in [1.54, 1.807) is 0 Å². The Morgan fingerprint density at radius 1 is 1.03 bits per heavy atom. The molecule has 0 bridgehead atoms. The highest BCUT2D eigenvalue weighted by molar-refractivity contribution is 6.01. The van der Waals surface area contributed by atoms with Gasteiger partial charge in [-0.15, -0.1) is 0 Å². The van der Waals surface area contributed by atoms with Gasteiger partial charge in [0, 0.05) is 25.9 Å². The molecule has 164 valence electrons. The number of carbonyl (C=O) groups excluding carboxylic acids is 2. The monoisotopic (exact) mass is 421 g/mol. The van der Waals surface area contributed by atoms with E-state index in [4.69, 9.17) is 9.47 Å². The van der Waals surface area contributed by atoms with E-state index in [1.807, 2.05) is 57.7 Å². The summed E-state index contributed by atoms with van der Waals surface area (Å²) in [5.74, 6) is 1.62. The number of carbonyl (C=O) groups is 2. The van der Waals surface area contributed by atoms with Crippen LogP contribution in [0.4, 0.5) is 0 Å². The number of aryl methyl sites for hydroxylation is 4. The highest BCUT2D eigenvalue weighted by Gasteiger charge is 2.44. The molecule has 31 heavy (non-hydrogen) atoms. The Labute approximate surface area is 184 Å². The van der Waals surface area contributed by atoms with E-state index in [2.05, 4.69) is 6.07 Å². The maximum absolute atomic E-state index is 12.9. The van der Waals surface area contributed by atoms with Gasteiger partial charge in [-0.3, -0.25) is 9.59 Å². The summed E-state index contributed by atoms with van der Waals surface area (Å²) in [6, 6.07) is 8.07. The minimum absolute atomic E-state index is 0.0237. The van der Waals surface area contributed by atoms with Crippen LogP contribution in [0.3, 0.4) is 0 Å². The van der Waals surface area contributed by atoms with Crippen molar-refractivity contribution in [2.45, 2.75) is 59.5 Å². The van der Waals surface area contributed by atoms with Crippen molar-refractivity contribution in [3.05, 3.63) is 57.6 Å². The van der Waals surface area contributed by atoms with Crippen LogP contribution in [0.25, 0.3) is 0 Å². The second-order valence-corrected chi connectivity index (χ2v) is 9.16. The molecule has 0 aliphatic carbocycles. The summed E-state index contributed by atoms with van der Waals surface area (Å²) in [6.45, 7) is 11.2. The summed E-state index contributed by atoms with van der Waals surface area (Å²) in [6.07, 6.45) is 1.68. The maximum Gasteiger partial charge on any atom is 0.260 e. The summed E-state index contributed by atoms with van der Waals surface area (Å²) in [4.78, 5) is 27.5. The Morgan fingerprint density at radius 2 is 1.71 bits per heavy atom. The molecule has 2 aliphatic rings. The first-order valence-electron chi connectivity index (χ1n) is 11.0. The molecule has 4 rings (SSSR count). The average molecular weight is 422 g/mol. The summed E-state index contributed by atoms with van der Waals surface area (Å²) in [5.41, 5.74) is 5.53. The number of hydrogen-bond acceptors (Lipinski definition) is 4. The van der Waals surface area contributed by atoms with Crippen molar-refractivity contribution in [2.24, 2.45) is 0 Å². The van der Waals surface area contributed by atoms with Crippen molar-refractivity contribution in [3.8, 4) is 11.5 Å². The fourth-order valence-electron chi connectivity index (χ4n) is 4.83. The summed E-state index contributed by atoms with van der Waals surface area (Å²) >= 11 is 0. The van der Waals surface area contributed by atoms with E-state index in [9.17, 15) is 9.59 Å². The van der Waals surface area contributed by atoms with Crippen molar-refractivity contribution in [1.29, 1.82) is 0 Å². The molecule has 2 aromatic rings. The molecule has 0 radical (unpaired) electrons. The smallest absolute Gasteiger partial charge is 0.260 e. The Kier molecular flexibility index (Phi) is 5.54. The van der Waals surface area contributed by atoms with Crippen LogP contribution in [0.15, 0.2) is 24.3 Å². The van der Waals surface area contributed by atoms with E-state index in [0.717, 1.165) is 33.6 Å². The number of benzene rings is 2. The Morgan fingerprint density at radius 3 is 2.42 bits per heavy atom. The lowest BCUT2D eigenvalue weighted by Crippen LogP contribution is -2.53. The number of nitrogens with zero attached hydrogens (tertiary/aromatic N) is 1. The van der Waals surface area contributed by atoms with Crippen molar-refractivity contribution < 1.29 is 19.1 Å². The second kappa shape index (κ2) is 8.03. The molecular formula is C26H31NO4. The van der Waals surface area contributed by atoms with E-state index in [-0.39, 0.29) is 18.3 Å². The minimum Gasteiger partial charge on any atom is -0.486 e. The topological polar surface area (TPSA) is 55.8 Å². The van der Waals surface area contributed by atoms with Crippen LogP contribution >= 0.6 is 0 Å². The molecule has 0 aromatic heterocycles. The molecule has 0 N–H and O–H groups in total. The summed E-state index contributed by atoms with van der Waals surface area (Å²) in [7, 11) is 0. The number of Topliss-reactive ketones (excluding diaryl/α,β-unsaturated/α-hetero) is 1. The van der Waals surface area contributed by atoms with Crippen LogP contribution in [0.2, 0.25) is 0 Å². The van der Waals surface area contributed by atoms with Gasteiger partial charge in [0.25, 0.3) is 5.91 Å². The van der Waals surface area contributed by atoms with Crippen LogP contribution < -0.4 is 9.47 Å². The predicted molar refractivity (Wildman–Crippen MR) is 120 cm³/mol. The van der Waals surface area contributed by atoms with Gasteiger partial charge in [0.2, 0.25) is 0 Å². The third kappa shape index (κ3) is 4.06. The lowest BCUT2D eigenvalue weighted by molar-refractivity contribution is -0.136. The summed E-state index contributed by atoms with van der Waals surface area (Å²) in [5, 5.41) is 0. The van der Waals surface area contributed by atoms with Crippen molar-refractivity contribution in [2.75, 3.05) is 19.7 Å². The molecule has 2 heterocycles. The maximum atomic E-state index is 12.9. The number of likely N-dealkylation sites (tertiary alicyclic amines) is 1. The normalized spacial score (nSPS) is 17.3.